The smallest absolute Gasteiger partial charge is 0.282 e. The lowest BCUT2D eigenvalue weighted by atomic mass is 9.88. The minimum Gasteiger partial charge on any atom is -0.324 e. The second-order valence-corrected chi connectivity index (χ2v) is 13.4. The molecule has 0 saturated carbocycles. The zero-order valence-corrected chi connectivity index (χ0v) is 25.1. The van der Waals surface area contributed by atoms with Gasteiger partial charge in [0.15, 0.2) is 0 Å². The summed E-state index contributed by atoms with van der Waals surface area (Å²) in [5.74, 6) is -3.93. The normalized spacial score (nSPS) is 20.5. The molecule has 1 aromatic heterocycles. The lowest BCUT2D eigenvalue weighted by Crippen LogP contribution is -2.57. The molecule has 0 aliphatic carbocycles. The van der Waals surface area contributed by atoms with Gasteiger partial charge in [-0.1, -0.05) is 19.1 Å². The average Bonchev–Trinajstić information content (AvgIpc) is 3.43. The third kappa shape index (κ3) is 7.45. The maximum atomic E-state index is 15.1. The second-order valence-electron chi connectivity index (χ2n) is 11.5. The number of hydrogen-bond acceptors (Lipinski definition) is 5. The summed E-state index contributed by atoms with van der Waals surface area (Å²) >= 11 is 0. The zero-order chi connectivity index (χ0) is 31.4. The maximum Gasteiger partial charge on any atom is 0.282 e. The molecular weight excluding hydrogens is 598 g/mol. The van der Waals surface area contributed by atoms with Crippen LogP contribution >= 0.6 is 0 Å². The van der Waals surface area contributed by atoms with E-state index < -0.39 is 51.3 Å². The quantitative estimate of drug-likeness (QED) is 0.319. The number of carbonyl (C=O) groups excluding carboxylic acids is 1. The van der Waals surface area contributed by atoms with Crippen molar-refractivity contribution < 1.29 is 30.8 Å². The third-order valence-corrected chi connectivity index (χ3v) is 10.3. The van der Waals surface area contributed by atoms with Crippen LogP contribution in [0.5, 0.6) is 0 Å². The molecule has 2 aliphatic rings. The first-order valence-electron chi connectivity index (χ1n) is 14.6. The van der Waals surface area contributed by atoms with E-state index in [0.29, 0.717) is 44.7 Å². The number of piperazine rings is 1. The zero-order valence-electron chi connectivity index (χ0n) is 24.3. The molecule has 13 heteroatoms. The van der Waals surface area contributed by atoms with E-state index in [2.05, 4.69) is 15.6 Å². The largest absolute Gasteiger partial charge is 0.324 e. The molecule has 3 heterocycles. The van der Waals surface area contributed by atoms with Gasteiger partial charge in [-0.2, -0.15) is 17.0 Å². The van der Waals surface area contributed by atoms with Crippen LogP contribution in [0.4, 0.5) is 23.2 Å². The van der Waals surface area contributed by atoms with Crippen LogP contribution in [0.25, 0.3) is 0 Å². The molecule has 236 valence electrons. The van der Waals surface area contributed by atoms with Crippen molar-refractivity contribution in [1.29, 1.82) is 0 Å². The predicted octanol–water partition coefficient (Wildman–Crippen LogP) is 4.59. The van der Waals surface area contributed by atoms with Crippen LogP contribution in [-0.4, -0.2) is 66.7 Å². The van der Waals surface area contributed by atoms with E-state index in [1.165, 1.54) is 39.1 Å². The Hall–Kier alpha value is -3.39. The minimum absolute atomic E-state index is 0.116. The highest BCUT2D eigenvalue weighted by molar-refractivity contribution is 7.86. The van der Waals surface area contributed by atoms with E-state index in [-0.39, 0.29) is 35.6 Å². The molecule has 2 saturated heterocycles. The van der Waals surface area contributed by atoms with Crippen LogP contribution in [0.2, 0.25) is 0 Å². The molecule has 2 aromatic carbocycles. The molecule has 2 fully saturated rings. The highest BCUT2D eigenvalue weighted by atomic mass is 32.2. The molecule has 0 unspecified atom stereocenters. The standard InChI is InChI=1S/C31H35F4N5O3S/c1-20-8-10-39(19-20)44(42,43)40-11-9-36-16-26(40)6-7-27-29(35)17-37-18-30(27)38-31(41)15-28(21-2-4-23(32)5-3-21)22-12-24(33)14-25(34)13-22/h2-5,12-14,17-18,20,26,28,36H,6-11,15-16,19H2,1H3,(H,38,41)/t20-,26+,28+/m1/s1. The minimum atomic E-state index is -3.69. The molecule has 1 amide bonds. The lowest BCUT2D eigenvalue weighted by Gasteiger charge is -2.37. The number of benzene rings is 2. The molecule has 2 aliphatic heterocycles. The van der Waals surface area contributed by atoms with Crippen molar-refractivity contribution in [3.8, 4) is 0 Å². The summed E-state index contributed by atoms with van der Waals surface area (Å²) in [4.78, 5) is 17.2. The van der Waals surface area contributed by atoms with Crippen LogP contribution in [-0.2, 0) is 21.4 Å². The van der Waals surface area contributed by atoms with Gasteiger partial charge in [0.25, 0.3) is 10.2 Å². The van der Waals surface area contributed by atoms with Gasteiger partial charge in [-0.05, 0) is 60.6 Å². The van der Waals surface area contributed by atoms with E-state index in [0.717, 1.165) is 30.8 Å². The Balaban J connectivity index is 1.33. The maximum absolute atomic E-state index is 15.1. The predicted molar refractivity (Wildman–Crippen MR) is 158 cm³/mol. The summed E-state index contributed by atoms with van der Waals surface area (Å²) in [6.45, 7) is 4.16. The fraction of sp³-hybridized carbons (Fsp3) is 0.419. The van der Waals surface area contributed by atoms with Gasteiger partial charge in [0.1, 0.15) is 23.3 Å². The summed E-state index contributed by atoms with van der Waals surface area (Å²) in [5.41, 5.74) is 0.925. The molecule has 8 nitrogen and oxygen atoms in total. The van der Waals surface area contributed by atoms with Crippen LogP contribution in [0.3, 0.4) is 0 Å². The van der Waals surface area contributed by atoms with Crippen LogP contribution in [0.15, 0.2) is 54.9 Å². The first-order valence-corrected chi connectivity index (χ1v) is 16.0. The van der Waals surface area contributed by atoms with Gasteiger partial charge in [-0.3, -0.25) is 9.78 Å². The van der Waals surface area contributed by atoms with Gasteiger partial charge in [-0.15, -0.1) is 0 Å². The van der Waals surface area contributed by atoms with Crippen LogP contribution in [0, 0.1) is 29.2 Å². The number of anilines is 1. The number of pyridine rings is 1. The van der Waals surface area contributed by atoms with Crippen molar-refractivity contribution in [3.63, 3.8) is 0 Å². The van der Waals surface area contributed by atoms with Gasteiger partial charge in [0.2, 0.25) is 5.91 Å². The van der Waals surface area contributed by atoms with E-state index in [1.807, 2.05) is 6.92 Å². The molecule has 0 radical (unpaired) electrons. The Morgan fingerprint density at radius 1 is 1.02 bits per heavy atom. The van der Waals surface area contributed by atoms with Crippen molar-refractivity contribution in [2.45, 2.75) is 44.6 Å². The van der Waals surface area contributed by atoms with E-state index in [9.17, 15) is 26.4 Å². The Labute approximate surface area is 254 Å². The second kappa shape index (κ2) is 13.7. The Kier molecular flexibility index (Phi) is 9.98. The number of carbonyl (C=O) groups is 1. The number of hydrogen-bond donors (Lipinski definition) is 2. The average molecular weight is 634 g/mol. The van der Waals surface area contributed by atoms with Crippen molar-refractivity contribution >= 4 is 21.8 Å². The van der Waals surface area contributed by atoms with Crippen LogP contribution in [0.1, 0.15) is 48.8 Å². The Bertz CT molecular complexity index is 1570. The number of nitrogens with one attached hydrogen (secondary N) is 2. The topological polar surface area (TPSA) is 94.6 Å². The molecule has 0 spiro atoms. The van der Waals surface area contributed by atoms with Gasteiger partial charge in [-0.25, -0.2) is 17.6 Å². The van der Waals surface area contributed by atoms with Gasteiger partial charge in [0.05, 0.1) is 18.1 Å². The van der Waals surface area contributed by atoms with Gasteiger partial charge in [0, 0.05) is 62.7 Å². The molecule has 0 bridgehead atoms. The van der Waals surface area contributed by atoms with E-state index in [4.69, 9.17) is 0 Å². The fourth-order valence-corrected chi connectivity index (χ4v) is 7.92. The highest BCUT2D eigenvalue weighted by Gasteiger charge is 2.39. The first kappa shape index (κ1) is 32.0. The Morgan fingerprint density at radius 2 is 1.75 bits per heavy atom. The van der Waals surface area contributed by atoms with Gasteiger partial charge < -0.3 is 10.6 Å². The van der Waals surface area contributed by atoms with Crippen LogP contribution < -0.4 is 10.6 Å². The highest BCUT2D eigenvalue weighted by Crippen LogP contribution is 2.31. The fourth-order valence-electron chi connectivity index (χ4n) is 5.97. The summed E-state index contributed by atoms with van der Waals surface area (Å²) in [7, 11) is -3.69. The number of nitrogens with zero attached hydrogens (tertiary/aromatic N) is 3. The number of aromatic nitrogens is 1. The third-order valence-electron chi connectivity index (χ3n) is 8.26. The SMILES string of the molecule is C[C@@H]1CCN(S(=O)(=O)N2CCNC[C@@H]2CCc2c(F)cncc2NC(=O)C[C@@H](c2ccc(F)cc2)c2cc(F)cc(F)c2)C1. The van der Waals surface area contributed by atoms with Crippen molar-refractivity contribution in [2.24, 2.45) is 5.92 Å². The summed E-state index contributed by atoms with van der Waals surface area (Å²) in [6.07, 6.45) is 3.27. The Morgan fingerprint density at radius 3 is 2.43 bits per heavy atom. The van der Waals surface area contributed by atoms with Crippen molar-refractivity contribution in [3.05, 3.63) is 94.8 Å². The molecule has 3 atom stereocenters. The monoisotopic (exact) mass is 633 g/mol. The summed E-state index contributed by atoms with van der Waals surface area (Å²) in [5, 5.41) is 5.90. The van der Waals surface area contributed by atoms with Crippen molar-refractivity contribution in [2.75, 3.05) is 38.0 Å². The molecule has 2 N–H and O–H groups in total. The number of amides is 1. The summed E-state index contributed by atoms with van der Waals surface area (Å²) < 4.78 is 86.8. The molecule has 5 rings (SSSR count). The van der Waals surface area contributed by atoms with E-state index >= 15 is 4.39 Å². The van der Waals surface area contributed by atoms with E-state index in [1.54, 1.807) is 0 Å². The number of halogens is 4. The molecule has 3 aromatic rings. The summed E-state index contributed by atoms with van der Waals surface area (Å²) in [6, 6.07) is 7.78. The lowest BCUT2D eigenvalue weighted by molar-refractivity contribution is -0.116. The first-order chi connectivity index (χ1) is 21.0. The van der Waals surface area contributed by atoms with Crippen molar-refractivity contribution in [1.82, 2.24) is 18.9 Å². The van der Waals surface area contributed by atoms with Gasteiger partial charge >= 0.3 is 0 Å². The molecular formula is C31H35F4N5O3S. The number of rotatable bonds is 10. The molecule has 44 heavy (non-hydrogen) atoms.